The van der Waals surface area contributed by atoms with Crippen molar-refractivity contribution in [1.29, 1.82) is 5.26 Å². The van der Waals surface area contributed by atoms with Crippen LogP contribution in [-0.2, 0) is 13.1 Å². The lowest BCUT2D eigenvalue weighted by molar-refractivity contribution is 0.262. The molecule has 0 aliphatic rings. The summed E-state index contributed by atoms with van der Waals surface area (Å²) in [5.41, 5.74) is 2.21. The maximum Gasteiger partial charge on any atom is 0.325 e. The first kappa shape index (κ1) is 22.0. The number of nitriles is 1. The second-order valence-corrected chi connectivity index (χ2v) is 6.76. The highest BCUT2D eigenvalue weighted by molar-refractivity contribution is 6.31. The molecule has 0 radical (unpaired) electrons. The van der Waals surface area contributed by atoms with E-state index in [1.807, 2.05) is 6.07 Å². The molecule has 0 atom stereocenters. The zero-order chi connectivity index (χ0) is 22.2. The predicted molar refractivity (Wildman–Crippen MR) is 114 cm³/mol. The van der Waals surface area contributed by atoms with Gasteiger partial charge in [-0.2, -0.15) is 5.26 Å². The number of nitrogens with one attached hydrogen (secondary N) is 3. The second-order valence-electron chi connectivity index (χ2n) is 6.35. The van der Waals surface area contributed by atoms with Crippen molar-refractivity contribution in [3.8, 4) is 11.8 Å². The van der Waals surface area contributed by atoms with Crippen LogP contribution in [0.5, 0.6) is 5.75 Å². The van der Waals surface area contributed by atoms with Gasteiger partial charge in [-0.15, -0.1) is 0 Å². The molecule has 3 aromatic rings. The summed E-state index contributed by atoms with van der Waals surface area (Å²) in [7, 11) is 1.48. The zero-order valence-electron chi connectivity index (χ0n) is 16.4. The van der Waals surface area contributed by atoms with E-state index in [1.54, 1.807) is 24.3 Å². The van der Waals surface area contributed by atoms with Gasteiger partial charge < -0.3 is 15.4 Å². The van der Waals surface area contributed by atoms with Gasteiger partial charge in [-0.1, -0.05) is 23.7 Å². The summed E-state index contributed by atoms with van der Waals surface area (Å²) in [6.45, 7) is 0.979. The second kappa shape index (κ2) is 10.3. The summed E-state index contributed by atoms with van der Waals surface area (Å²) in [5, 5.41) is 17.6. The average molecular weight is 441 g/mol. The van der Waals surface area contributed by atoms with E-state index in [1.165, 1.54) is 31.6 Å². The summed E-state index contributed by atoms with van der Waals surface area (Å²) in [6.07, 6.45) is 2.53. The van der Waals surface area contributed by atoms with Crippen molar-refractivity contribution in [1.82, 2.24) is 15.3 Å². The molecule has 0 aliphatic carbocycles. The number of methoxy groups -OCH3 is 1. The maximum atomic E-state index is 13.0. The minimum absolute atomic E-state index is 0.142. The van der Waals surface area contributed by atoms with Gasteiger partial charge >= 0.3 is 6.03 Å². The van der Waals surface area contributed by atoms with E-state index in [2.05, 4.69) is 25.9 Å². The molecule has 31 heavy (non-hydrogen) atoms. The lowest BCUT2D eigenvalue weighted by Gasteiger charge is -2.14. The Kier molecular flexibility index (Phi) is 7.32. The average Bonchev–Trinajstić information content (AvgIpc) is 2.77. The topological polar surface area (TPSA) is 112 Å². The van der Waals surface area contributed by atoms with Crippen molar-refractivity contribution < 1.29 is 13.9 Å². The largest absolute Gasteiger partial charge is 0.495 e. The Labute approximate surface area is 183 Å². The van der Waals surface area contributed by atoms with E-state index in [9.17, 15) is 9.18 Å². The predicted octanol–water partition coefficient (Wildman–Crippen LogP) is 4.08. The van der Waals surface area contributed by atoms with E-state index in [0.29, 0.717) is 29.5 Å². The first-order chi connectivity index (χ1) is 15.0. The Hall–Kier alpha value is -3.74. The Bertz CT molecular complexity index is 1100. The lowest BCUT2D eigenvalue weighted by atomic mass is 10.1. The summed E-state index contributed by atoms with van der Waals surface area (Å²) in [5.74, 6) is 0.321. The molecular weight excluding hydrogens is 423 g/mol. The highest BCUT2D eigenvalue weighted by atomic mass is 35.5. The van der Waals surface area contributed by atoms with E-state index in [0.717, 1.165) is 11.1 Å². The van der Waals surface area contributed by atoms with Crippen LogP contribution in [0, 0.1) is 17.1 Å². The highest BCUT2D eigenvalue weighted by Gasteiger charge is 2.13. The van der Waals surface area contributed by atoms with Crippen LogP contribution in [0.25, 0.3) is 0 Å². The molecule has 1 heterocycles. The number of hydrogen-bond acceptors (Lipinski definition) is 6. The molecule has 2 amide bonds. The molecule has 158 valence electrons. The van der Waals surface area contributed by atoms with Crippen molar-refractivity contribution in [3.63, 3.8) is 0 Å². The monoisotopic (exact) mass is 440 g/mol. The van der Waals surface area contributed by atoms with Crippen LogP contribution < -0.4 is 20.7 Å². The van der Waals surface area contributed by atoms with Crippen molar-refractivity contribution >= 4 is 29.1 Å². The fourth-order valence-corrected chi connectivity index (χ4v) is 2.89. The third-order valence-corrected chi connectivity index (χ3v) is 4.53. The Balaban J connectivity index is 1.63. The number of halogens is 2. The Morgan fingerprint density at radius 2 is 1.94 bits per heavy atom. The van der Waals surface area contributed by atoms with E-state index in [-0.39, 0.29) is 17.3 Å². The molecule has 0 spiro atoms. The van der Waals surface area contributed by atoms with Crippen molar-refractivity contribution in [2.45, 2.75) is 13.1 Å². The van der Waals surface area contributed by atoms with Crippen LogP contribution in [0.2, 0.25) is 5.02 Å². The van der Waals surface area contributed by atoms with Gasteiger partial charge in [0.1, 0.15) is 17.6 Å². The van der Waals surface area contributed by atoms with Gasteiger partial charge in [0.15, 0.2) is 11.5 Å². The van der Waals surface area contributed by atoms with Gasteiger partial charge in [0, 0.05) is 18.1 Å². The standard InChI is InChI=1S/C21H18ClFN6O2/c1-31-19-6-14(10-25-9-13-2-4-15(23)5-3-13)17(22)7-18(19)28-21(30)29-20-12-26-16(8-24)11-27-20/h2-7,11-12,25H,9-10H2,1H3,(H2,27,28,29,30). The molecule has 3 rings (SSSR count). The minimum atomic E-state index is -0.574. The molecule has 0 unspecified atom stereocenters. The number of benzene rings is 2. The fourth-order valence-electron chi connectivity index (χ4n) is 2.66. The number of carbonyl (C=O) groups is 1. The van der Waals surface area contributed by atoms with Crippen molar-refractivity contribution in [2.75, 3.05) is 17.7 Å². The van der Waals surface area contributed by atoms with Crippen LogP contribution in [0.1, 0.15) is 16.8 Å². The van der Waals surface area contributed by atoms with Crippen LogP contribution in [0.3, 0.4) is 0 Å². The lowest BCUT2D eigenvalue weighted by Crippen LogP contribution is -2.21. The molecule has 0 fully saturated rings. The SMILES string of the molecule is COc1cc(CNCc2ccc(F)cc2)c(Cl)cc1NC(=O)Nc1cnc(C#N)cn1. The smallest absolute Gasteiger partial charge is 0.325 e. The van der Waals surface area contributed by atoms with Crippen molar-refractivity contribution in [3.05, 3.63) is 76.5 Å². The number of ether oxygens (including phenoxy) is 1. The number of urea groups is 1. The number of anilines is 2. The van der Waals surface area contributed by atoms with Gasteiger partial charge in [-0.25, -0.2) is 19.2 Å². The molecule has 0 aliphatic heterocycles. The fraction of sp³-hybridized carbons (Fsp3) is 0.143. The van der Waals surface area contributed by atoms with Crippen LogP contribution in [0.4, 0.5) is 20.7 Å². The van der Waals surface area contributed by atoms with Gasteiger partial charge in [0.05, 0.1) is 25.2 Å². The van der Waals surface area contributed by atoms with E-state index >= 15 is 0 Å². The number of nitrogens with zero attached hydrogens (tertiary/aromatic N) is 3. The van der Waals surface area contributed by atoms with Crippen LogP contribution >= 0.6 is 11.6 Å². The van der Waals surface area contributed by atoms with Crippen molar-refractivity contribution in [2.24, 2.45) is 0 Å². The summed E-state index contributed by atoms with van der Waals surface area (Å²) in [6, 6.07) is 10.8. The molecule has 0 bridgehead atoms. The van der Waals surface area contributed by atoms with E-state index in [4.69, 9.17) is 21.6 Å². The molecule has 3 N–H and O–H groups in total. The number of rotatable bonds is 7. The highest BCUT2D eigenvalue weighted by Crippen LogP contribution is 2.31. The summed E-state index contributed by atoms with van der Waals surface area (Å²) < 4.78 is 18.4. The number of aromatic nitrogens is 2. The summed E-state index contributed by atoms with van der Waals surface area (Å²) in [4.78, 5) is 20.0. The number of amides is 2. The van der Waals surface area contributed by atoms with Gasteiger partial charge in [0.2, 0.25) is 0 Å². The maximum absolute atomic E-state index is 13.0. The zero-order valence-corrected chi connectivity index (χ0v) is 17.2. The Morgan fingerprint density at radius 1 is 1.16 bits per heavy atom. The molecule has 2 aromatic carbocycles. The molecule has 1 aromatic heterocycles. The number of carbonyl (C=O) groups excluding carboxylic acids is 1. The summed E-state index contributed by atoms with van der Waals surface area (Å²) >= 11 is 6.37. The third kappa shape index (κ3) is 6.12. The van der Waals surface area contributed by atoms with Gasteiger partial charge in [0.25, 0.3) is 0 Å². The molecule has 8 nitrogen and oxygen atoms in total. The third-order valence-electron chi connectivity index (χ3n) is 4.18. The normalized spacial score (nSPS) is 10.3. The van der Waals surface area contributed by atoms with Crippen LogP contribution in [0.15, 0.2) is 48.8 Å². The molecule has 10 heteroatoms. The number of hydrogen-bond donors (Lipinski definition) is 3. The van der Waals surface area contributed by atoms with E-state index < -0.39 is 6.03 Å². The molecule has 0 saturated carbocycles. The minimum Gasteiger partial charge on any atom is -0.495 e. The quantitative estimate of drug-likeness (QED) is 0.510. The molecule has 0 saturated heterocycles. The first-order valence-corrected chi connectivity index (χ1v) is 9.48. The Morgan fingerprint density at radius 3 is 2.58 bits per heavy atom. The van der Waals surface area contributed by atoms with Gasteiger partial charge in [-0.3, -0.25) is 5.32 Å². The van der Waals surface area contributed by atoms with Gasteiger partial charge in [-0.05, 0) is 35.4 Å². The van der Waals surface area contributed by atoms with Crippen LogP contribution in [-0.4, -0.2) is 23.1 Å². The molecular formula is C21H18ClFN6O2. The first-order valence-electron chi connectivity index (χ1n) is 9.10.